The van der Waals surface area contributed by atoms with Crippen molar-refractivity contribution < 1.29 is 48.0 Å². The molecule has 4 saturated heterocycles. The number of phenolic OH excluding ortho intramolecular Hbond substituents is 1. The van der Waals surface area contributed by atoms with Gasteiger partial charge >= 0.3 is 12.1 Å². The van der Waals surface area contributed by atoms with Gasteiger partial charge in [0, 0.05) is 54.9 Å². The smallest absolute Gasteiger partial charge is 0.410 e. The molecule has 4 N–H and O–H groups in total. The number of ether oxygens (including phenoxy) is 3. The number of aliphatic hydroxyl groups is 1. The summed E-state index contributed by atoms with van der Waals surface area (Å²) >= 11 is 8.20. The predicted octanol–water partition coefficient (Wildman–Crippen LogP) is 9.40. The highest BCUT2D eigenvalue weighted by Gasteiger charge is 2.47. The van der Waals surface area contributed by atoms with Crippen LogP contribution in [0.15, 0.2) is 60.2 Å². The first-order valence-electron chi connectivity index (χ1n) is 29.5. The Labute approximate surface area is 504 Å². The van der Waals surface area contributed by atoms with Crippen LogP contribution < -0.4 is 20.3 Å². The SMILES string of the molecule is CCc1cccc2cc(O)cc(-c3ncc4c(N5CC6CCC(C5)N6C(=O)OC(C)(C)C)nc(OCCN5CCC(COCC(=O)N[C@H](C(=O)N6C[C@H](O)C[C@H]6C(=O)N[C@@H](C)c6ccc(-c7scnc7C)c(Cl)c6)C(C)(C)C)CC5)nc4c3F)c12. The van der Waals surface area contributed by atoms with Crippen LogP contribution in [0.5, 0.6) is 11.8 Å². The number of rotatable bonds is 17. The van der Waals surface area contributed by atoms with Crippen molar-refractivity contribution in [3.63, 3.8) is 0 Å². The number of fused-ring (bicyclic) bond motifs is 4. The number of nitrogens with one attached hydrogen (secondary N) is 2. The van der Waals surface area contributed by atoms with Gasteiger partial charge in [-0.25, -0.2) is 14.2 Å². The van der Waals surface area contributed by atoms with E-state index in [0.717, 1.165) is 76.8 Å². The van der Waals surface area contributed by atoms with E-state index in [1.54, 1.807) is 23.8 Å². The topological polar surface area (TPSA) is 225 Å². The molecular weight excluding hydrogens is 1130 g/mol. The minimum atomic E-state index is -1.01. The third-order valence-electron chi connectivity index (χ3n) is 16.8. The fraction of sp³-hybridized carbons (Fsp3) is 0.524. The van der Waals surface area contributed by atoms with E-state index >= 15 is 4.39 Å². The van der Waals surface area contributed by atoms with Crippen LogP contribution in [0.4, 0.5) is 15.0 Å². The molecule has 0 aliphatic carbocycles. The Balaban J connectivity index is 0.746. The number of thiazole rings is 1. The number of aromatic nitrogens is 4. The minimum absolute atomic E-state index is 0.00717. The molecule has 3 aromatic carbocycles. The summed E-state index contributed by atoms with van der Waals surface area (Å²) in [4.78, 5) is 82.3. The lowest BCUT2D eigenvalue weighted by Crippen LogP contribution is -2.58. The Morgan fingerprint density at radius 1 is 0.929 bits per heavy atom. The minimum Gasteiger partial charge on any atom is -0.508 e. The number of piperazine rings is 1. The second kappa shape index (κ2) is 25.3. The fourth-order valence-corrected chi connectivity index (χ4v) is 13.6. The zero-order valence-electron chi connectivity index (χ0n) is 49.9. The molecule has 85 heavy (non-hydrogen) atoms. The van der Waals surface area contributed by atoms with Crippen LogP contribution in [0.3, 0.4) is 0 Å². The van der Waals surface area contributed by atoms with Crippen LogP contribution in [0.25, 0.3) is 43.4 Å². The number of pyridine rings is 1. The van der Waals surface area contributed by atoms with Gasteiger partial charge in [-0.15, -0.1) is 11.3 Å². The van der Waals surface area contributed by atoms with Gasteiger partial charge < -0.3 is 44.9 Å². The quantitative estimate of drug-likeness (QED) is 0.0667. The number of phenols is 1. The highest BCUT2D eigenvalue weighted by atomic mass is 35.5. The predicted molar refractivity (Wildman–Crippen MR) is 325 cm³/mol. The lowest BCUT2D eigenvalue weighted by atomic mass is 9.85. The Bertz CT molecular complexity index is 3460. The average molecular weight is 1210 g/mol. The van der Waals surface area contributed by atoms with Crippen LogP contribution in [-0.4, -0.2) is 164 Å². The van der Waals surface area contributed by atoms with E-state index in [2.05, 4.69) is 25.4 Å². The Hall–Kier alpha value is -6.78. The number of aryl methyl sites for hydroxylation is 2. The molecule has 7 heterocycles. The molecule has 2 bridgehead atoms. The van der Waals surface area contributed by atoms with E-state index in [4.69, 9.17) is 40.8 Å². The number of aliphatic hydroxyl groups excluding tert-OH is 1. The molecule has 19 nitrogen and oxygen atoms in total. The number of likely N-dealkylation sites (tertiary alicyclic amines) is 2. The first kappa shape index (κ1) is 61.3. The summed E-state index contributed by atoms with van der Waals surface area (Å²) in [5.74, 6) is -1.40. The number of nitrogens with zero attached hydrogens (tertiary/aromatic N) is 8. The van der Waals surface area contributed by atoms with Crippen molar-refractivity contribution >= 4 is 74.2 Å². The molecule has 454 valence electrons. The van der Waals surface area contributed by atoms with Gasteiger partial charge in [-0.1, -0.05) is 69.6 Å². The van der Waals surface area contributed by atoms with Gasteiger partial charge in [0.2, 0.25) is 17.7 Å². The van der Waals surface area contributed by atoms with Crippen molar-refractivity contribution in [2.24, 2.45) is 11.3 Å². The number of halogens is 2. The summed E-state index contributed by atoms with van der Waals surface area (Å²) in [6, 6.07) is 11.9. The summed E-state index contributed by atoms with van der Waals surface area (Å²) < 4.78 is 35.5. The number of aromatic hydroxyl groups is 1. The van der Waals surface area contributed by atoms with Gasteiger partial charge in [0.1, 0.15) is 53.7 Å². The fourth-order valence-electron chi connectivity index (χ4n) is 12.4. The largest absolute Gasteiger partial charge is 0.508 e. The number of carbonyl (C=O) groups excluding carboxylic acids is 4. The average Bonchev–Trinajstić information content (AvgIpc) is 1.73. The van der Waals surface area contributed by atoms with Crippen LogP contribution in [0.1, 0.15) is 110 Å². The van der Waals surface area contributed by atoms with Gasteiger partial charge in [-0.05, 0) is 131 Å². The Morgan fingerprint density at radius 3 is 2.34 bits per heavy atom. The van der Waals surface area contributed by atoms with Crippen LogP contribution in [0, 0.1) is 24.1 Å². The highest BCUT2D eigenvalue weighted by Crippen LogP contribution is 2.41. The Kier molecular flexibility index (Phi) is 18.2. The molecule has 4 aliphatic rings. The molecule has 10 rings (SSSR count). The van der Waals surface area contributed by atoms with Crippen molar-refractivity contribution in [3.8, 4) is 33.5 Å². The van der Waals surface area contributed by atoms with Crippen molar-refractivity contribution in [3.05, 3.63) is 87.9 Å². The molecule has 4 amide bonds. The van der Waals surface area contributed by atoms with Crippen LogP contribution in [0.2, 0.25) is 5.02 Å². The van der Waals surface area contributed by atoms with E-state index in [9.17, 15) is 29.4 Å². The normalized spacial score (nSPS) is 20.3. The number of anilines is 1. The summed E-state index contributed by atoms with van der Waals surface area (Å²) in [5.41, 5.74) is 4.39. The number of hydrogen-bond acceptors (Lipinski definition) is 16. The molecule has 4 fully saturated rings. The number of amides is 4. The second-order valence-corrected chi connectivity index (χ2v) is 26.5. The van der Waals surface area contributed by atoms with Crippen molar-refractivity contribution in [2.45, 2.75) is 143 Å². The van der Waals surface area contributed by atoms with Gasteiger partial charge in [-0.2, -0.15) is 9.97 Å². The third kappa shape index (κ3) is 13.6. The van der Waals surface area contributed by atoms with Crippen LogP contribution in [-0.2, 0) is 30.3 Å². The zero-order chi connectivity index (χ0) is 60.6. The number of β-amino-alcohol motifs (C(OH)–C–C–N with tert-alkyl or cyclic N) is 1. The van der Waals surface area contributed by atoms with E-state index in [1.807, 2.05) is 104 Å². The Morgan fingerprint density at radius 2 is 1.67 bits per heavy atom. The van der Waals surface area contributed by atoms with Gasteiger partial charge in [0.15, 0.2) is 5.82 Å². The van der Waals surface area contributed by atoms with Crippen molar-refractivity contribution in [1.29, 1.82) is 0 Å². The molecule has 0 radical (unpaired) electrons. The summed E-state index contributed by atoms with van der Waals surface area (Å²) in [6.07, 6.45) is 4.22. The highest BCUT2D eigenvalue weighted by molar-refractivity contribution is 7.13. The molecule has 6 aromatic rings. The zero-order valence-corrected chi connectivity index (χ0v) is 51.5. The standard InChI is InChI=1S/C63H78ClFN10O9S/c1-10-38-12-11-13-40-24-43(76)26-46(51(38)40)53-52(65)54-47(28-66-53)57(73-29-41-15-16-42(30-73)75(41)61(81)84-63(7,8)9)71-60(70-54)83-23-22-72-20-18-37(19-21-72)32-82-33-50(78)69-56(62(4,5)6)59(80)74-31-44(77)27-49(74)58(79)68-35(2)39-14-17-45(48(64)25-39)55-36(3)67-34-85-55/h11-14,17,24-26,28,34-35,37,41-42,44,49,56,76-77H,10,15-16,18-23,27,29-33H2,1-9H3,(H,68,79)(H,69,78)/t35-,41?,42?,44+,49-,56+/m0/s1. The summed E-state index contributed by atoms with van der Waals surface area (Å²) in [5, 5.41) is 30.0. The van der Waals surface area contributed by atoms with Gasteiger partial charge in [-0.3, -0.25) is 29.2 Å². The van der Waals surface area contributed by atoms with Crippen LogP contribution >= 0.6 is 22.9 Å². The second-order valence-electron chi connectivity index (χ2n) is 25.2. The molecule has 3 aromatic heterocycles. The van der Waals surface area contributed by atoms with E-state index in [1.165, 1.54) is 16.2 Å². The first-order chi connectivity index (χ1) is 40.4. The summed E-state index contributed by atoms with van der Waals surface area (Å²) in [7, 11) is 0. The molecule has 0 spiro atoms. The molecule has 22 heteroatoms. The maximum Gasteiger partial charge on any atom is 0.410 e. The van der Waals surface area contributed by atoms with Gasteiger partial charge in [0.25, 0.3) is 0 Å². The molecule has 6 atom stereocenters. The third-order valence-corrected chi connectivity index (χ3v) is 18.0. The van der Waals surface area contributed by atoms with E-state index in [0.29, 0.717) is 54.5 Å². The molecule has 4 aliphatic heterocycles. The monoisotopic (exact) mass is 1200 g/mol. The first-order valence-corrected chi connectivity index (χ1v) is 30.8. The number of benzene rings is 3. The number of hydrogen-bond donors (Lipinski definition) is 4. The summed E-state index contributed by atoms with van der Waals surface area (Å²) in [6.45, 7) is 20.0. The lowest BCUT2D eigenvalue weighted by molar-refractivity contribution is -0.144. The lowest BCUT2D eigenvalue weighted by Gasteiger charge is -2.42. The number of carbonyl (C=O) groups is 4. The molecular formula is C63H78ClFN10O9S. The van der Waals surface area contributed by atoms with Gasteiger partial charge in [0.05, 0.1) is 52.3 Å². The molecule has 0 saturated carbocycles. The maximum atomic E-state index is 17.4. The maximum absolute atomic E-state index is 17.4. The molecule has 2 unspecified atom stereocenters. The van der Waals surface area contributed by atoms with Crippen molar-refractivity contribution in [2.75, 3.05) is 64.0 Å². The number of piperidine rings is 1. The van der Waals surface area contributed by atoms with E-state index < -0.39 is 58.8 Å². The van der Waals surface area contributed by atoms with E-state index in [-0.39, 0.29) is 73.2 Å². The van der Waals surface area contributed by atoms with Crippen molar-refractivity contribution in [1.82, 2.24) is 45.3 Å².